The number of hydrogen-bond donors (Lipinski definition) is 3. The van der Waals surface area contributed by atoms with Crippen molar-refractivity contribution in [1.29, 1.82) is 0 Å². The minimum atomic E-state index is -4.38. The van der Waals surface area contributed by atoms with Crippen LogP contribution in [0.4, 0.5) is 4.39 Å². The topological polar surface area (TPSA) is 159 Å². The minimum Gasteiger partial charge on any atom is -0.394 e. The highest BCUT2D eigenvalue weighted by Crippen LogP contribution is 2.59. The molecule has 1 aromatic heterocycles. The Balaban J connectivity index is 1.40. The molecule has 3 N–H and O–H groups in total. The third kappa shape index (κ3) is 5.15. The fourth-order valence-electron chi connectivity index (χ4n) is 3.37. The van der Waals surface area contributed by atoms with E-state index in [4.69, 9.17) is 23.0 Å². The zero-order valence-electron chi connectivity index (χ0n) is 17.1. The van der Waals surface area contributed by atoms with E-state index in [0.29, 0.717) is 0 Å². The number of ether oxygens (including phenoxy) is 2. The van der Waals surface area contributed by atoms with Crippen molar-refractivity contribution in [2.75, 3.05) is 19.8 Å². The van der Waals surface area contributed by atoms with E-state index in [0.717, 1.165) is 22.4 Å². The van der Waals surface area contributed by atoms with Crippen molar-refractivity contribution in [3.8, 4) is 0 Å². The molecule has 1 aromatic carbocycles. The molecule has 2 unspecified atom stereocenters. The number of aromatic nitrogens is 2. The average Bonchev–Trinajstić information content (AvgIpc) is 3.05. The lowest BCUT2D eigenvalue weighted by molar-refractivity contribution is -0.221. The third-order valence-electron chi connectivity index (χ3n) is 5.08. The lowest BCUT2D eigenvalue weighted by Gasteiger charge is -2.34. The van der Waals surface area contributed by atoms with E-state index in [1.54, 1.807) is 0 Å². The van der Waals surface area contributed by atoms with Crippen LogP contribution in [0.1, 0.15) is 11.8 Å². The smallest absolute Gasteiger partial charge is 0.394 e. The molecule has 12 nitrogen and oxygen atoms in total. The van der Waals surface area contributed by atoms with E-state index in [1.807, 2.05) is 35.3 Å². The molecule has 0 aliphatic carbocycles. The van der Waals surface area contributed by atoms with Gasteiger partial charge in [-0.2, -0.15) is 0 Å². The number of halogens is 1. The fourth-order valence-corrected chi connectivity index (χ4v) is 4.81. The lowest BCUT2D eigenvalue weighted by Crippen LogP contribution is -2.48. The first kappa shape index (κ1) is 23.9. The van der Waals surface area contributed by atoms with Gasteiger partial charge in [0.15, 0.2) is 12.3 Å². The highest BCUT2D eigenvalue weighted by atomic mass is 31.2. The Labute approximate surface area is 186 Å². The Morgan fingerprint density at radius 2 is 2.06 bits per heavy atom. The van der Waals surface area contributed by atoms with Gasteiger partial charge in [0.25, 0.3) is 11.4 Å². The maximum absolute atomic E-state index is 15.2. The third-order valence-corrected chi connectivity index (χ3v) is 6.48. The Morgan fingerprint density at radius 3 is 2.76 bits per heavy atom. The molecule has 3 heterocycles. The summed E-state index contributed by atoms with van der Waals surface area (Å²) in [6.07, 6.45) is -5.07. The number of benzene rings is 1. The van der Waals surface area contributed by atoms with Crippen LogP contribution in [-0.2, 0) is 34.2 Å². The van der Waals surface area contributed by atoms with E-state index < -0.39 is 69.3 Å². The molecule has 4 rings (SSSR count). The second-order valence-corrected chi connectivity index (χ2v) is 9.07. The van der Waals surface area contributed by atoms with Crippen molar-refractivity contribution in [2.24, 2.45) is 0 Å². The van der Waals surface area contributed by atoms with Crippen molar-refractivity contribution in [2.45, 2.75) is 37.0 Å². The number of rotatable bonds is 8. The normalized spacial score (nSPS) is 32.4. The second-order valence-electron chi connectivity index (χ2n) is 7.45. The van der Waals surface area contributed by atoms with Crippen molar-refractivity contribution in [1.82, 2.24) is 9.55 Å². The van der Waals surface area contributed by atoms with Gasteiger partial charge in [-0.1, -0.05) is 30.3 Å². The van der Waals surface area contributed by atoms with Gasteiger partial charge in [-0.25, -0.2) is 13.8 Å². The number of phosphoric acid groups is 1. The summed E-state index contributed by atoms with van der Waals surface area (Å²) in [5.41, 5.74) is -0.804. The lowest BCUT2D eigenvalue weighted by atomic mass is 10.1. The first-order valence-corrected chi connectivity index (χ1v) is 11.4. The molecule has 0 radical (unpaired) electrons. The van der Waals surface area contributed by atoms with Gasteiger partial charge in [0.05, 0.1) is 19.8 Å². The molecule has 0 amide bonds. The van der Waals surface area contributed by atoms with Gasteiger partial charge in [0, 0.05) is 12.3 Å². The van der Waals surface area contributed by atoms with Gasteiger partial charge < -0.3 is 19.7 Å². The van der Waals surface area contributed by atoms with Crippen LogP contribution in [0.25, 0.3) is 0 Å². The molecule has 2 aromatic rings. The highest BCUT2D eigenvalue weighted by Gasteiger charge is 2.64. The number of nitrogens with zero attached hydrogens (tertiary/aromatic N) is 1. The SMILES string of the molecule is O=c1ccn([C@@H]2O[C@]3(F)COP(=O)(OCC(CO)OCc4ccccc4)O[C@H]3[C@H]2O)c(=O)[nH]1. The second kappa shape index (κ2) is 9.57. The van der Waals surface area contributed by atoms with E-state index >= 15 is 4.39 Å². The number of aliphatic hydroxyl groups is 2. The molecule has 14 heteroatoms. The van der Waals surface area contributed by atoms with E-state index in [1.165, 1.54) is 0 Å². The van der Waals surface area contributed by atoms with Crippen LogP contribution >= 0.6 is 7.82 Å². The maximum Gasteiger partial charge on any atom is 0.475 e. The van der Waals surface area contributed by atoms with E-state index in [9.17, 15) is 24.4 Å². The van der Waals surface area contributed by atoms with E-state index in [2.05, 4.69) is 0 Å². The summed E-state index contributed by atoms with van der Waals surface area (Å²) in [6.45, 7) is -1.65. The number of aromatic amines is 1. The largest absolute Gasteiger partial charge is 0.475 e. The van der Waals surface area contributed by atoms with Crippen LogP contribution in [0.3, 0.4) is 0 Å². The number of hydrogen-bond acceptors (Lipinski definition) is 10. The number of alkyl halides is 1. The number of H-pyrrole nitrogens is 1. The standard InChI is InChI=1S/C19H22FN2O10P/c20-19-11-30-33(27,29-10-13(8-23)28-9-12-4-2-1-3-5-12)32-16(19)15(25)17(31-19)22-7-6-14(24)21-18(22)26/h1-7,13,15-17,23,25H,8-11H2,(H,21,24,26)/t13?,15-,16+,17-,19-,33?/m1/s1. The Kier molecular flexibility index (Phi) is 6.93. The van der Waals surface area contributed by atoms with Crippen LogP contribution in [0.5, 0.6) is 0 Å². The Hall–Kier alpha value is -2.22. The number of aliphatic hydroxyl groups excluding tert-OH is 2. The predicted octanol–water partition coefficient (Wildman–Crippen LogP) is 0.210. The van der Waals surface area contributed by atoms with Crippen molar-refractivity contribution in [3.63, 3.8) is 0 Å². The molecule has 2 fully saturated rings. The first-order chi connectivity index (χ1) is 15.7. The van der Waals surface area contributed by atoms with Gasteiger partial charge in [-0.3, -0.25) is 27.9 Å². The quantitative estimate of drug-likeness (QED) is 0.439. The molecule has 0 bridgehead atoms. The predicted molar refractivity (Wildman–Crippen MR) is 108 cm³/mol. The molecule has 2 aliphatic rings. The molecule has 33 heavy (non-hydrogen) atoms. The zero-order chi connectivity index (χ0) is 23.6. The van der Waals surface area contributed by atoms with Crippen LogP contribution in [0.2, 0.25) is 0 Å². The maximum atomic E-state index is 15.2. The van der Waals surface area contributed by atoms with Gasteiger partial charge in [0.2, 0.25) is 0 Å². The summed E-state index contributed by atoms with van der Waals surface area (Å²) in [5, 5.41) is 20.0. The molecule has 2 saturated heterocycles. The number of nitrogens with one attached hydrogen (secondary N) is 1. The summed E-state index contributed by atoms with van der Waals surface area (Å²) in [7, 11) is -4.38. The molecule has 180 valence electrons. The van der Waals surface area contributed by atoms with Crippen LogP contribution < -0.4 is 11.2 Å². The minimum absolute atomic E-state index is 0.153. The fraction of sp³-hybridized carbons (Fsp3) is 0.474. The monoisotopic (exact) mass is 488 g/mol. The van der Waals surface area contributed by atoms with Gasteiger partial charge in [-0.15, -0.1) is 0 Å². The zero-order valence-corrected chi connectivity index (χ0v) is 18.0. The molecule has 2 aliphatic heterocycles. The van der Waals surface area contributed by atoms with E-state index in [-0.39, 0.29) is 6.61 Å². The van der Waals surface area contributed by atoms with Gasteiger partial charge in [0.1, 0.15) is 18.8 Å². The van der Waals surface area contributed by atoms with Crippen molar-refractivity contribution < 1.29 is 42.2 Å². The number of phosphoric ester groups is 1. The van der Waals surface area contributed by atoms with Gasteiger partial charge in [-0.05, 0) is 5.56 Å². The summed E-state index contributed by atoms with van der Waals surface area (Å²) >= 11 is 0. The molecular weight excluding hydrogens is 466 g/mol. The number of fused-ring (bicyclic) bond motifs is 1. The summed E-state index contributed by atoms with van der Waals surface area (Å²) < 4.78 is 54.7. The summed E-state index contributed by atoms with van der Waals surface area (Å²) in [4.78, 5) is 25.2. The average molecular weight is 488 g/mol. The van der Waals surface area contributed by atoms with Crippen LogP contribution in [0.15, 0.2) is 52.2 Å². The molecule has 0 spiro atoms. The Morgan fingerprint density at radius 1 is 1.30 bits per heavy atom. The molecule has 6 atom stereocenters. The molecular formula is C19H22FN2O10P. The van der Waals surface area contributed by atoms with Crippen LogP contribution in [0, 0.1) is 0 Å². The molecule has 0 saturated carbocycles. The Bertz CT molecular complexity index is 1130. The summed E-state index contributed by atoms with van der Waals surface area (Å²) in [5.74, 6) is -2.74. The van der Waals surface area contributed by atoms with Crippen LogP contribution in [-0.4, -0.2) is 63.8 Å². The first-order valence-electron chi connectivity index (χ1n) is 9.93. The highest BCUT2D eigenvalue weighted by molar-refractivity contribution is 7.48. The van der Waals surface area contributed by atoms with Gasteiger partial charge >= 0.3 is 13.5 Å². The van der Waals surface area contributed by atoms with Crippen molar-refractivity contribution >= 4 is 7.82 Å². The van der Waals surface area contributed by atoms with Crippen molar-refractivity contribution in [3.05, 3.63) is 69.0 Å². The summed E-state index contributed by atoms with van der Waals surface area (Å²) in [6, 6.07) is 10.1.